The summed E-state index contributed by atoms with van der Waals surface area (Å²) in [6.07, 6.45) is 5.64. The van der Waals surface area contributed by atoms with Crippen LogP contribution in [0.2, 0.25) is 0 Å². The van der Waals surface area contributed by atoms with E-state index in [0.29, 0.717) is 5.69 Å². The normalized spacial score (nSPS) is 17.5. The van der Waals surface area contributed by atoms with Crippen LogP contribution in [0.3, 0.4) is 0 Å². The van der Waals surface area contributed by atoms with Gasteiger partial charge in [0.15, 0.2) is 0 Å². The van der Waals surface area contributed by atoms with Crippen LogP contribution in [0.25, 0.3) is 0 Å². The van der Waals surface area contributed by atoms with Crippen LogP contribution in [0.15, 0.2) is 23.1 Å². The van der Waals surface area contributed by atoms with E-state index in [0.717, 1.165) is 26.2 Å². The second-order valence-corrected chi connectivity index (χ2v) is 4.40. The van der Waals surface area contributed by atoms with Crippen molar-refractivity contribution in [1.82, 2.24) is 9.47 Å². The number of piperidine rings is 1. The van der Waals surface area contributed by atoms with E-state index in [1.165, 1.54) is 25.3 Å². The van der Waals surface area contributed by atoms with Gasteiger partial charge in [0.25, 0.3) is 5.56 Å². The van der Waals surface area contributed by atoms with Crippen LogP contribution in [0.5, 0.6) is 0 Å². The third kappa shape index (κ3) is 2.85. The number of nitrogens with zero attached hydrogens (tertiary/aromatic N) is 2. The Balaban J connectivity index is 1.93. The molecule has 0 atom stereocenters. The molecule has 2 heterocycles. The summed E-state index contributed by atoms with van der Waals surface area (Å²) in [4.78, 5) is 13.9. The van der Waals surface area contributed by atoms with Crippen molar-refractivity contribution in [2.75, 3.05) is 25.4 Å². The zero-order valence-corrected chi connectivity index (χ0v) is 9.56. The molecule has 1 saturated heterocycles. The van der Waals surface area contributed by atoms with E-state index in [1.807, 2.05) is 0 Å². The molecule has 88 valence electrons. The van der Waals surface area contributed by atoms with Gasteiger partial charge < -0.3 is 15.2 Å². The van der Waals surface area contributed by atoms with Gasteiger partial charge >= 0.3 is 0 Å². The molecule has 0 aliphatic carbocycles. The number of nitrogens with two attached hydrogens (primary N) is 1. The highest BCUT2D eigenvalue weighted by molar-refractivity contribution is 5.33. The molecule has 1 aromatic rings. The Morgan fingerprint density at radius 2 is 1.88 bits per heavy atom. The number of anilines is 1. The van der Waals surface area contributed by atoms with Crippen molar-refractivity contribution in [2.45, 2.75) is 25.8 Å². The monoisotopic (exact) mass is 221 g/mol. The molecule has 1 fully saturated rings. The van der Waals surface area contributed by atoms with E-state index in [1.54, 1.807) is 16.8 Å². The minimum absolute atomic E-state index is 0.0335. The number of hydrogen-bond acceptors (Lipinski definition) is 3. The lowest BCUT2D eigenvalue weighted by Crippen LogP contribution is -2.34. The van der Waals surface area contributed by atoms with Gasteiger partial charge in [-0.25, -0.2) is 0 Å². The van der Waals surface area contributed by atoms with Gasteiger partial charge in [-0.15, -0.1) is 0 Å². The van der Waals surface area contributed by atoms with E-state index in [4.69, 9.17) is 5.73 Å². The van der Waals surface area contributed by atoms with Gasteiger partial charge in [0.1, 0.15) is 0 Å². The Kier molecular flexibility index (Phi) is 3.62. The van der Waals surface area contributed by atoms with Crippen molar-refractivity contribution in [1.29, 1.82) is 0 Å². The lowest BCUT2D eigenvalue weighted by Gasteiger charge is -2.26. The molecule has 0 aromatic carbocycles. The third-order valence-electron chi connectivity index (χ3n) is 3.11. The molecule has 0 radical (unpaired) electrons. The molecular weight excluding hydrogens is 202 g/mol. The molecule has 0 spiro atoms. The molecule has 1 aromatic heterocycles. The lowest BCUT2D eigenvalue weighted by molar-refractivity contribution is 0.220. The largest absolute Gasteiger partial charge is 0.398 e. The molecule has 2 rings (SSSR count). The first kappa shape index (κ1) is 11.2. The van der Waals surface area contributed by atoms with Crippen molar-refractivity contribution in [3.63, 3.8) is 0 Å². The van der Waals surface area contributed by atoms with Crippen LogP contribution in [0, 0.1) is 0 Å². The Morgan fingerprint density at radius 1 is 1.12 bits per heavy atom. The van der Waals surface area contributed by atoms with Gasteiger partial charge in [0.05, 0.1) is 0 Å². The van der Waals surface area contributed by atoms with Gasteiger partial charge in [0, 0.05) is 31.0 Å². The number of nitrogen functional groups attached to an aromatic ring is 1. The molecular formula is C12H19N3O. The van der Waals surface area contributed by atoms with Crippen molar-refractivity contribution < 1.29 is 0 Å². The fourth-order valence-electron chi connectivity index (χ4n) is 2.16. The van der Waals surface area contributed by atoms with Crippen molar-refractivity contribution >= 4 is 5.69 Å². The SMILES string of the molecule is Nc1ccc(=O)n(CCN2CCCCC2)c1. The van der Waals surface area contributed by atoms with Gasteiger partial charge in [-0.1, -0.05) is 6.42 Å². The van der Waals surface area contributed by atoms with Crippen molar-refractivity contribution in [3.8, 4) is 0 Å². The number of pyridine rings is 1. The second kappa shape index (κ2) is 5.16. The minimum atomic E-state index is 0.0335. The first-order valence-corrected chi connectivity index (χ1v) is 5.94. The highest BCUT2D eigenvalue weighted by Crippen LogP contribution is 2.08. The zero-order chi connectivity index (χ0) is 11.4. The third-order valence-corrected chi connectivity index (χ3v) is 3.11. The number of hydrogen-bond donors (Lipinski definition) is 1. The molecule has 0 saturated carbocycles. The summed E-state index contributed by atoms with van der Waals surface area (Å²) in [5, 5.41) is 0. The molecule has 0 unspecified atom stereocenters. The summed E-state index contributed by atoms with van der Waals surface area (Å²) in [5.41, 5.74) is 6.35. The Hall–Kier alpha value is -1.29. The van der Waals surface area contributed by atoms with E-state index >= 15 is 0 Å². The molecule has 4 nitrogen and oxygen atoms in total. The molecule has 0 amide bonds. The molecule has 2 N–H and O–H groups in total. The van der Waals surface area contributed by atoms with E-state index < -0.39 is 0 Å². The quantitative estimate of drug-likeness (QED) is 0.825. The molecule has 1 aliphatic rings. The predicted molar refractivity (Wildman–Crippen MR) is 65.4 cm³/mol. The summed E-state index contributed by atoms with van der Waals surface area (Å²) < 4.78 is 1.70. The topological polar surface area (TPSA) is 51.3 Å². The average molecular weight is 221 g/mol. The maximum Gasteiger partial charge on any atom is 0.250 e. The second-order valence-electron chi connectivity index (χ2n) is 4.40. The van der Waals surface area contributed by atoms with Gasteiger partial charge in [-0.05, 0) is 32.0 Å². The summed E-state index contributed by atoms with van der Waals surface area (Å²) in [6, 6.07) is 3.19. The zero-order valence-electron chi connectivity index (χ0n) is 9.56. The first-order valence-electron chi connectivity index (χ1n) is 5.94. The lowest BCUT2D eigenvalue weighted by atomic mass is 10.1. The van der Waals surface area contributed by atoms with Crippen molar-refractivity contribution in [2.24, 2.45) is 0 Å². The van der Waals surface area contributed by atoms with Gasteiger partial charge in [-0.2, -0.15) is 0 Å². The number of rotatable bonds is 3. The van der Waals surface area contributed by atoms with Crippen LogP contribution in [-0.2, 0) is 6.54 Å². The van der Waals surface area contributed by atoms with Crippen LogP contribution in [0.4, 0.5) is 5.69 Å². The van der Waals surface area contributed by atoms with Crippen LogP contribution in [-0.4, -0.2) is 29.1 Å². The summed E-state index contributed by atoms with van der Waals surface area (Å²) in [7, 11) is 0. The van der Waals surface area contributed by atoms with Crippen LogP contribution >= 0.6 is 0 Å². The molecule has 0 bridgehead atoms. The predicted octanol–water partition coefficient (Wildman–Crippen LogP) is 0.916. The van der Waals surface area contributed by atoms with Crippen LogP contribution < -0.4 is 11.3 Å². The smallest absolute Gasteiger partial charge is 0.250 e. The standard InChI is InChI=1S/C12H19N3O/c13-11-4-5-12(16)15(10-11)9-8-14-6-2-1-3-7-14/h4-5,10H,1-3,6-9,13H2. The summed E-state index contributed by atoms with van der Waals surface area (Å²) in [6.45, 7) is 4.02. The molecule has 4 heteroatoms. The van der Waals surface area contributed by atoms with Crippen LogP contribution in [0.1, 0.15) is 19.3 Å². The average Bonchev–Trinajstić information content (AvgIpc) is 2.32. The van der Waals surface area contributed by atoms with Gasteiger partial charge in [-0.3, -0.25) is 4.79 Å². The fraction of sp³-hybridized carbons (Fsp3) is 0.583. The molecule has 1 aliphatic heterocycles. The van der Waals surface area contributed by atoms with Crippen molar-refractivity contribution in [3.05, 3.63) is 28.7 Å². The molecule has 16 heavy (non-hydrogen) atoms. The highest BCUT2D eigenvalue weighted by atomic mass is 16.1. The number of aromatic nitrogens is 1. The summed E-state index contributed by atoms with van der Waals surface area (Å²) in [5.74, 6) is 0. The first-order chi connectivity index (χ1) is 7.75. The summed E-state index contributed by atoms with van der Waals surface area (Å²) >= 11 is 0. The van der Waals surface area contributed by atoms with E-state index in [-0.39, 0.29) is 5.56 Å². The minimum Gasteiger partial charge on any atom is -0.398 e. The van der Waals surface area contributed by atoms with E-state index in [9.17, 15) is 4.79 Å². The Bertz CT molecular complexity index is 393. The highest BCUT2D eigenvalue weighted by Gasteiger charge is 2.09. The van der Waals surface area contributed by atoms with E-state index in [2.05, 4.69) is 4.90 Å². The maximum atomic E-state index is 11.5. The number of likely N-dealkylation sites (tertiary alicyclic amines) is 1. The van der Waals surface area contributed by atoms with Gasteiger partial charge in [0.2, 0.25) is 0 Å². The Morgan fingerprint density at radius 3 is 2.62 bits per heavy atom. The Labute approximate surface area is 95.7 Å². The fourth-order valence-corrected chi connectivity index (χ4v) is 2.16. The maximum absolute atomic E-state index is 11.5.